The Labute approximate surface area is 155 Å². The van der Waals surface area contributed by atoms with Crippen LogP contribution in [0.1, 0.15) is 17.2 Å². The highest BCUT2D eigenvalue weighted by Gasteiger charge is 2.30. The number of para-hydroxylation sites is 1. The van der Waals surface area contributed by atoms with Crippen LogP contribution >= 0.6 is 11.8 Å². The van der Waals surface area contributed by atoms with E-state index in [1.54, 1.807) is 21.1 Å². The van der Waals surface area contributed by atoms with Crippen molar-refractivity contribution in [3.05, 3.63) is 76.2 Å². The molecule has 0 saturated heterocycles. The molecule has 3 aromatic rings. The molecule has 0 spiro atoms. The Kier molecular flexibility index (Phi) is 4.20. The predicted molar refractivity (Wildman–Crippen MR) is 104 cm³/mol. The summed E-state index contributed by atoms with van der Waals surface area (Å²) in [5.74, 6) is 0.332. The van der Waals surface area contributed by atoms with Gasteiger partial charge >= 0.3 is 0 Å². The van der Waals surface area contributed by atoms with Crippen molar-refractivity contribution < 1.29 is 4.79 Å². The van der Waals surface area contributed by atoms with E-state index in [0.717, 1.165) is 21.8 Å². The first-order valence-corrected chi connectivity index (χ1v) is 9.43. The van der Waals surface area contributed by atoms with Crippen LogP contribution < -0.4 is 10.9 Å². The number of nitrogens with one attached hydrogen (secondary N) is 1. The normalized spacial score (nSPS) is 15.7. The van der Waals surface area contributed by atoms with Gasteiger partial charge in [0, 0.05) is 17.7 Å². The molecule has 6 heteroatoms. The molecular weight excluding hydrogens is 346 g/mol. The number of rotatable bonds is 3. The third kappa shape index (κ3) is 2.66. The van der Waals surface area contributed by atoms with E-state index >= 15 is 0 Å². The van der Waals surface area contributed by atoms with Crippen LogP contribution in [0, 0.1) is 6.92 Å². The molecule has 1 amide bonds. The molecule has 1 atom stereocenters. The Morgan fingerprint density at radius 2 is 1.81 bits per heavy atom. The average Bonchev–Trinajstić information content (AvgIpc) is 3.18. The molecule has 0 bridgehead atoms. The van der Waals surface area contributed by atoms with Crippen LogP contribution in [0.4, 0.5) is 5.69 Å². The van der Waals surface area contributed by atoms with E-state index in [1.165, 1.54) is 0 Å². The van der Waals surface area contributed by atoms with E-state index in [0.29, 0.717) is 11.4 Å². The summed E-state index contributed by atoms with van der Waals surface area (Å²) < 4.78 is 3.34. The van der Waals surface area contributed by atoms with Gasteiger partial charge in [-0.25, -0.2) is 4.68 Å². The number of fused-ring (bicyclic) bond motifs is 1. The van der Waals surface area contributed by atoms with Gasteiger partial charge in [-0.3, -0.25) is 14.3 Å². The summed E-state index contributed by atoms with van der Waals surface area (Å²) in [6.45, 7) is 1.84. The number of aromatic nitrogens is 2. The summed E-state index contributed by atoms with van der Waals surface area (Å²) in [5.41, 5.74) is 2.66. The second kappa shape index (κ2) is 6.53. The first-order valence-electron chi connectivity index (χ1n) is 8.44. The Bertz CT molecular complexity index is 1040. The highest BCUT2D eigenvalue weighted by Crippen LogP contribution is 2.39. The number of carbonyl (C=O) groups excluding carboxylic acids is 1. The second-order valence-electron chi connectivity index (χ2n) is 6.33. The smallest absolute Gasteiger partial charge is 0.295 e. The van der Waals surface area contributed by atoms with Crippen molar-refractivity contribution in [3.8, 4) is 5.69 Å². The fourth-order valence-electron chi connectivity index (χ4n) is 3.30. The van der Waals surface area contributed by atoms with Gasteiger partial charge in [0.15, 0.2) is 0 Å². The Balaban J connectivity index is 1.68. The Morgan fingerprint density at radius 3 is 2.58 bits per heavy atom. The number of carbonyl (C=O) groups is 1. The van der Waals surface area contributed by atoms with Crippen LogP contribution in [-0.4, -0.2) is 21.0 Å². The number of thioether (sulfide) groups is 1. The van der Waals surface area contributed by atoms with Gasteiger partial charge in [-0.1, -0.05) is 36.4 Å². The lowest BCUT2D eigenvalue weighted by molar-refractivity contribution is -0.117. The molecule has 1 aromatic heterocycles. The molecule has 0 unspecified atom stereocenters. The predicted octanol–water partition coefficient (Wildman–Crippen LogP) is 3.31. The third-order valence-electron chi connectivity index (χ3n) is 4.82. The SMILES string of the molecule is Cc1c(NC(=O)[C@H]2CSc3ccccc32)c(=O)n(-c2ccccc2)n1C. The first kappa shape index (κ1) is 16.7. The van der Waals surface area contributed by atoms with Crippen molar-refractivity contribution in [2.75, 3.05) is 11.1 Å². The minimum Gasteiger partial charge on any atom is -0.319 e. The number of benzene rings is 2. The van der Waals surface area contributed by atoms with Crippen molar-refractivity contribution in [1.29, 1.82) is 0 Å². The zero-order chi connectivity index (χ0) is 18.3. The molecule has 1 aliphatic heterocycles. The number of amides is 1. The average molecular weight is 365 g/mol. The monoisotopic (exact) mass is 365 g/mol. The van der Waals surface area contributed by atoms with Crippen molar-refractivity contribution >= 4 is 23.4 Å². The Hall–Kier alpha value is -2.73. The maximum atomic E-state index is 12.9. The minimum absolute atomic E-state index is 0.131. The molecule has 5 nitrogen and oxygen atoms in total. The standard InChI is InChI=1S/C20H19N3O2S/c1-13-18(20(25)23(22(13)2)14-8-4-3-5-9-14)21-19(24)16-12-26-17-11-7-6-10-15(16)17/h3-11,16H,12H2,1-2H3,(H,21,24)/t16-/m0/s1. The van der Waals surface area contributed by atoms with Crippen LogP contribution in [0.2, 0.25) is 0 Å². The van der Waals surface area contributed by atoms with E-state index in [1.807, 2.05) is 68.6 Å². The van der Waals surface area contributed by atoms with E-state index in [2.05, 4.69) is 5.32 Å². The van der Waals surface area contributed by atoms with Crippen molar-refractivity contribution in [1.82, 2.24) is 9.36 Å². The van der Waals surface area contributed by atoms with Gasteiger partial charge in [-0.05, 0) is 30.7 Å². The highest BCUT2D eigenvalue weighted by molar-refractivity contribution is 7.99. The summed E-state index contributed by atoms with van der Waals surface area (Å²) in [6, 6.07) is 17.4. The zero-order valence-electron chi connectivity index (χ0n) is 14.6. The number of hydrogen-bond acceptors (Lipinski definition) is 3. The molecular formula is C20H19N3O2S. The summed E-state index contributed by atoms with van der Waals surface area (Å²) in [7, 11) is 1.82. The summed E-state index contributed by atoms with van der Waals surface area (Å²) in [6.07, 6.45) is 0. The molecule has 132 valence electrons. The lowest BCUT2D eigenvalue weighted by atomic mass is 10.0. The topological polar surface area (TPSA) is 56.0 Å². The minimum atomic E-state index is -0.236. The van der Waals surface area contributed by atoms with Crippen LogP contribution in [0.3, 0.4) is 0 Å². The fraction of sp³-hybridized carbons (Fsp3) is 0.200. The lowest BCUT2D eigenvalue weighted by Crippen LogP contribution is -2.26. The molecule has 26 heavy (non-hydrogen) atoms. The van der Waals surface area contributed by atoms with Crippen molar-refractivity contribution in [2.24, 2.45) is 7.05 Å². The molecule has 0 radical (unpaired) electrons. The molecule has 2 aromatic carbocycles. The van der Waals surface area contributed by atoms with Gasteiger partial charge in [-0.15, -0.1) is 11.8 Å². The highest BCUT2D eigenvalue weighted by atomic mass is 32.2. The first-order chi connectivity index (χ1) is 12.6. The zero-order valence-corrected chi connectivity index (χ0v) is 15.4. The second-order valence-corrected chi connectivity index (χ2v) is 7.39. The molecule has 1 N–H and O–H groups in total. The van der Waals surface area contributed by atoms with Crippen molar-refractivity contribution in [3.63, 3.8) is 0 Å². The number of anilines is 1. The van der Waals surface area contributed by atoms with Crippen LogP contribution in [0.15, 0.2) is 64.3 Å². The van der Waals surface area contributed by atoms with Gasteiger partial charge in [0.25, 0.3) is 5.56 Å². The van der Waals surface area contributed by atoms with Gasteiger partial charge in [0.2, 0.25) is 5.91 Å². The van der Waals surface area contributed by atoms with Crippen LogP contribution in [-0.2, 0) is 11.8 Å². The maximum absolute atomic E-state index is 12.9. The van der Waals surface area contributed by atoms with E-state index < -0.39 is 0 Å². The van der Waals surface area contributed by atoms with Crippen LogP contribution in [0.5, 0.6) is 0 Å². The van der Waals surface area contributed by atoms with E-state index in [-0.39, 0.29) is 17.4 Å². The molecule has 0 aliphatic carbocycles. The molecule has 2 heterocycles. The molecule has 1 aliphatic rings. The summed E-state index contributed by atoms with van der Waals surface area (Å²) in [5, 5.41) is 2.89. The molecule has 4 rings (SSSR count). The summed E-state index contributed by atoms with van der Waals surface area (Å²) >= 11 is 1.68. The number of hydrogen-bond donors (Lipinski definition) is 1. The fourth-order valence-corrected chi connectivity index (χ4v) is 4.53. The molecule has 0 saturated carbocycles. The number of nitrogens with zero attached hydrogens (tertiary/aromatic N) is 2. The molecule has 0 fully saturated rings. The lowest BCUT2D eigenvalue weighted by Gasteiger charge is -2.10. The Morgan fingerprint density at radius 1 is 1.12 bits per heavy atom. The van der Waals surface area contributed by atoms with Gasteiger partial charge in [0.1, 0.15) is 5.69 Å². The van der Waals surface area contributed by atoms with Gasteiger partial charge in [0.05, 0.1) is 17.3 Å². The maximum Gasteiger partial charge on any atom is 0.295 e. The third-order valence-corrected chi connectivity index (χ3v) is 6.00. The van der Waals surface area contributed by atoms with Crippen molar-refractivity contribution in [2.45, 2.75) is 17.7 Å². The van der Waals surface area contributed by atoms with Crippen LogP contribution in [0.25, 0.3) is 5.69 Å². The van der Waals surface area contributed by atoms with Gasteiger partial charge < -0.3 is 5.32 Å². The van der Waals surface area contributed by atoms with Gasteiger partial charge in [-0.2, -0.15) is 0 Å². The van der Waals surface area contributed by atoms with E-state index in [4.69, 9.17) is 0 Å². The summed E-state index contributed by atoms with van der Waals surface area (Å²) in [4.78, 5) is 26.9. The largest absolute Gasteiger partial charge is 0.319 e. The quantitative estimate of drug-likeness (QED) is 0.775. The van der Waals surface area contributed by atoms with E-state index in [9.17, 15) is 9.59 Å².